The molecule has 0 aliphatic carbocycles. The molecule has 0 aromatic carbocycles. The van der Waals surface area contributed by atoms with Crippen LogP contribution in [0.1, 0.15) is 33.6 Å². The summed E-state index contributed by atoms with van der Waals surface area (Å²) in [6, 6.07) is 0. The number of likely N-dealkylation sites (tertiary alicyclic amines) is 1. The van der Waals surface area contributed by atoms with Crippen molar-refractivity contribution in [1.82, 2.24) is 10.2 Å². The van der Waals surface area contributed by atoms with Gasteiger partial charge in [0.05, 0.1) is 5.66 Å². The van der Waals surface area contributed by atoms with Crippen molar-refractivity contribution >= 4 is 5.91 Å². The van der Waals surface area contributed by atoms with Crippen molar-refractivity contribution in [2.24, 2.45) is 5.92 Å². The van der Waals surface area contributed by atoms with Gasteiger partial charge in [0, 0.05) is 13.5 Å². The molecule has 1 aliphatic rings. The summed E-state index contributed by atoms with van der Waals surface area (Å²) in [5.74, 6) is 0.761. The molecule has 0 saturated carbocycles. The zero-order valence-electron chi connectivity index (χ0n) is 9.05. The molecule has 3 heteroatoms. The largest absolute Gasteiger partial charge is 0.338 e. The van der Waals surface area contributed by atoms with Gasteiger partial charge in [-0.1, -0.05) is 6.92 Å². The SMILES string of the molecule is CC(=O)NC1(C)CC(C)CCN1C. The molecule has 1 saturated heterocycles. The third-order valence-electron chi connectivity index (χ3n) is 2.99. The second-order valence-electron chi connectivity index (χ2n) is 4.47. The number of nitrogens with one attached hydrogen (secondary N) is 1. The zero-order chi connectivity index (χ0) is 10.1. The van der Waals surface area contributed by atoms with Gasteiger partial charge in [-0.3, -0.25) is 9.69 Å². The lowest BCUT2D eigenvalue weighted by molar-refractivity contribution is -0.124. The molecule has 1 aliphatic heterocycles. The first-order valence-electron chi connectivity index (χ1n) is 4.94. The number of amides is 1. The molecule has 1 rings (SSSR count). The predicted molar refractivity (Wildman–Crippen MR) is 53.2 cm³/mol. The fourth-order valence-electron chi connectivity index (χ4n) is 2.12. The van der Waals surface area contributed by atoms with Crippen LogP contribution in [0.25, 0.3) is 0 Å². The summed E-state index contributed by atoms with van der Waals surface area (Å²) in [6.45, 7) is 6.99. The van der Waals surface area contributed by atoms with Gasteiger partial charge in [-0.25, -0.2) is 0 Å². The van der Waals surface area contributed by atoms with Gasteiger partial charge in [0.25, 0.3) is 0 Å². The number of carbonyl (C=O) groups excluding carboxylic acids is 1. The molecule has 2 atom stereocenters. The number of piperidine rings is 1. The normalized spacial score (nSPS) is 35.8. The number of nitrogens with zero attached hydrogens (tertiary/aromatic N) is 1. The van der Waals surface area contributed by atoms with Crippen LogP contribution in [0.15, 0.2) is 0 Å². The van der Waals surface area contributed by atoms with E-state index < -0.39 is 0 Å². The summed E-state index contributed by atoms with van der Waals surface area (Å²) >= 11 is 0. The van der Waals surface area contributed by atoms with E-state index in [1.54, 1.807) is 6.92 Å². The van der Waals surface area contributed by atoms with Crippen molar-refractivity contribution in [1.29, 1.82) is 0 Å². The fourth-order valence-corrected chi connectivity index (χ4v) is 2.12. The van der Waals surface area contributed by atoms with Gasteiger partial charge in [0.15, 0.2) is 0 Å². The average molecular weight is 184 g/mol. The van der Waals surface area contributed by atoms with E-state index in [-0.39, 0.29) is 11.6 Å². The Morgan fingerprint density at radius 3 is 2.77 bits per heavy atom. The van der Waals surface area contributed by atoms with Crippen LogP contribution in [0.5, 0.6) is 0 Å². The Morgan fingerprint density at radius 1 is 1.62 bits per heavy atom. The summed E-state index contributed by atoms with van der Waals surface area (Å²) in [5, 5.41) is 3.03. The second-order valence-corrected chi connectivity index (χ2v) is 4.47. The minimum absolute atomic E-state index is 0.0588. The molecule has 0 spiro atoms. The van der Waals surface area contributed by atoms with Gasteiger partial charge in [0.2, 0.25) is 5.91 Å². The summed E-state index contributed by atoms with van der Waals surface area (Å²) in [4.78, 5) is 13.3. The summed E-state index contributed by atoms with van der Waals surface area (Å²) in [5.41, 5.74) is -0.135. The summed E-state index contributed by atoms with van der Waals surface area (Å²) < 4.78 is 0. The highest BCUT2D eigenvalue weighted by molar-refractivity contribution is 5.73. The molecule has 1 fully saturated rings. The molecular weight excluding hydrogens is 164 g/mol. The maximum Gasteiger partial charge on any atom is 0.218 e. The Hall–Kier alpha value is -0.570. The fraction of sp³-hybridized carbons (Fsp3) is 0.900. The van der Waals surface area contributed by atoms with Crippen LogP contribution in [-0.2, 0) is 4.79 Å². The van der Waals surface area contributed by atoms with Gasteiger partial charge in [-0.05, 0) is 32.7 Å². The van der Waals surface area contributed by atoms with Crippen LogP contribution < -0.4 is 5.32 Å². The van der Waals surface area contributed by atoms with Gasteiger partial charge in [0.1, 0.15) is 0 Å². The Bertz CT molecular complexity index is 205. The van der Waals surface area contributed by atoms with Crippen LogP contribution >= 0.6 is 0 Å². The molecule has 2 unspecified atom stereocenters. The van der Waals surface area contributed by atoms with Crippen molar-refractivity contribution < 1.29 is 4.79 Å². The number of rotatable bonds is 1. The van der Waals surface area contributed by atoms with Crippen LogP contribution in [0.4, 0.5) is 0 Å². The monoisotopic (exact) mass is 184 g/mol. The van der Waals surface area contributed by atoms with E-state index in [2.05, 4.69) is 31.1 Å². The summed E-state index contributed by atoms with van der Waals surface area (Å²) in [7, 11) is 2.07. The molecule has 1 N–H and O–H groups in total. The van der Waals surface area contributed by atoms with E-state index in [1.165, 1.54) is 6.42 Å². The van der Waals surface area contributed by atoms with E-state index in [4.69, 9.17) is 0 Å². The maximum atomic E-state index is 11.0. The molecule has 76 valence electrons. The highest BCUT2D eigenvalue weighted by atomic mass is 16.1. The van der Waals surface area contributed by atoms with Gasteiger partial charge in [-0.2, -0.15) is 0 Å². The molecule has 0 aromatic heterocycles. The molecule has 1 heterocycles. The van der Waals surface area contributed by atoms with E-state index in [1.807, 2.05) is 0 Å². The average Bonchev–Trinajstić information content (AvgIpc) is 1.95. The van der Waals surface area contributed by atoms with Crippen LogP contribution in [0.2, 0.25) is 0 Å². The first kappa shape index (κ1) is 10.5. The third-order valence-corrected chi connectivity index (χ3v) is 2.99. The first-order chi connectivity index (χ1) is 5.94. The molecule has 13 heavy (non-hydrogen) atoms. The number of hydrogen-bond donors (Lipinski definition) is 1. The maximum absolute atomic E-state index is 11.0. The quantitative estimate of drug-likeness (QED) is 0.664. The molecule has 0 aromatic rings. The van der Waals surface area contributed by atoms with Gasteiger partial charge >= 0.3 is 0 Å². The minimum atomic E-state index is -0.135. The Morgan fingerprint density at radius 2 is 2.23 bits per heavy atom. The smallest absolute Gasteiger partial charge is 0.218 e. The van der Waals surface area contributed by atoms with Gasteiger partial charge in [-0.15, -0.1) is 0 Å². The van der Waals surface area contributed by atoms with E-state index >= 15 is 0 Å². The molecule has 0 radical (unpaired) electrons. The van der Waals surface area contributed by atoms with E-state index in [0.29, 0.717) is 5.92 Å². The summed E-state index contributed by atoms with van der Waals surface area (Å²) in [6.07, 6.45) is 2.27. The minimum Gasteiger partial charge on any atom is -0.338 e. The highest BCUT2D eigenvalue weighted by Crippen LogP contribution is 2.27. The lowest BCUT2D eigenvalue weighted by atomic mass is 9.89. The van der Waals surface area contributed by atoms with Gasteiger partial charge < -0.3 is 5.32 Å². The van der Waals surface area contributed by atoms with Crippen LogP contribution in [0.3, 0.4) is 0 Å². The topological polar surface area (TPSA) is 32.3 Å². The highest BCUT2D eigenvalue weighted by Gasteiger charge is 2.35. The number of hydrogen-bond acceptors (Lipinski definition) is 2. The van der Waals surface area contributed by atoms with Crippen molar-refractivity contribution in [2.75, 3.05) is 13.6 Å². The van der Waals surface area contributed by atoms with Crippen molar-refractivity contribution in [3.8, 4) is 0 Å². The third kappa shape index (κ3) is 2.44. The molecule has 0 bridgehead atoms. The molecule has 3 nitrogen and oxygen atoms in total. The lowest BCUT2D eigenvalue weighted by Crippen LogP contribution is -2.60. The van der Waals surface area contributed by atoms with E-state index in [9.17, 15) is 4.79 Å². The predicted octanol–water partition coefficient (Wildman–Crippen LogP) is 1.20. The van der Waals surface area contributed by atoms with Crippen molar-refractivity contribution in [3.63, 3.8) is 0 Å². The molecule has 1 amide bonds. The van der Waals surface area contributed by atoms with Crippen molar-refractivity contribution in [2.45, 2.75) is 39.3 Å². The van der Waals surface area contributed by atoms with Crippen LogP contribution in [0, 0.1) is 5.92 Å². The van der Waals surface area contributed by atoms with E-state index in [0.717, 1.165) is 13.0 Å². The van der Waals surface area contributed by atoms with Crippen molar-refractivity contribution in [3.05, 3.63) is 0 Å². The standard InChI is InChI=1S/C10H20N2O/c1-8-5-6-12(4)10(3,7-8)11-9(2)13/h8H,5-7H2,1-4H3,(H,11,13). The molecular formula is C10H20N2O. The van der Waals surface area contributed by atoms with Crippen LogP contribution in [-0.4, -0.2) is 30.1 Å². The zero-order valence-corrected chi connectivity index (χ0v) is 9.05. The number of carbonyl (C=O) groups is 1. The Labute approximate surface area is 80.5 Å². The first-order valence-corrected chi connectivity index (χ1v) is 4.94. The second kappa shape index (κ2) is 3.66. The Kier molecular flexibility index (Phi) is 2.96. The Balaban J connectivity index is 2.66. The lowest BCUT2D eigenvalue weighted by Gasteiger charge is -2.45.